The maximum Gasteiger partial charge on any atom is 0.573 e. The number of fused-ring (bicyclic) bond motifs is 6. The Labute approximate surface area is 824 Å². The zero-order valence-corrected chi connectivity index (χ0v) is 75.1. The van der Waals surface area contributed by atoms with Gasteiger partial charge < -0.3 is 4.74 Å². The van der Waals surface area contributed by atoms with Crippen molar-refractivity contribution in [3.8, 4) is 86.7 Å². The molecule has 712 valence electrons. The standard InChI is InChI=1S/C44H23F5N4O.C42H20F4N4.C28H4F10N6/c1-24-4-6-25(7-5-24)40-36(43(52-2)53-3)21-35-39(27-10-16-31(46)17-11-27)41-34(38(42(35)40)26-8-14-30(45)15-9-26)20-33(29(22-50)23-51)37(41)28-12-18-32(19-13-28)54-44(47,48)49;1-49-42(50-2)35-20-34-38(25-7-15-30(45)16-8-25)40-33(19-32(27(21-47)22-48)36(40)23-3-11-28(43)12-4-23)37(24-5-13-29(44)14-6-24)41(34)39(35)26-9-17-31(46)18-10-26;1-41-25(14-21(35)23(37)28(42-2)24(38)22(14)36)8-4-12-27(18(8)32)43-11-3-7(17(31)26(11)44-12)9(5-39)13-19(33)15(29)10(6-40)16(30)20(13)34/h4-19H,20-21H2,1H3;3-18H,19-20H2;3-4H2/b;;9-7+,25-8-. The van der Waals surface area contributed by atoms with Crippen LogP contribution in [0.15, 0.2) is 250 Å². The lowest BCUT2D eigenvalue weighted by atomic mass is 9.86. The Hall–Kier alpha value is -20.3. The van der Waals surface area contributed by atoms with E-state index in [4.69, 9.17) is 44.7 Å². The van der Waals surface area contributed by atoms with Crippen LogP contribution in [-0.2, 0) is 38.5 Å². The van der Waals surface area contributed by atoms with E-state index in [-0.39, 0.29) is 48.5 Å². The van der Waals surface area contributed by atoms with Gasteiger partial charge in [-0.3, -0.25) is 0 Å². The molecule has 0 saturated carbocycles. The number of aromatic nitrogens is 2. The Balaban J connectivity index is 0.000000152. The predicted molar refractivity (Wildman–Crippen MR) is 499 cm³/mol. The third kappa shape index (κ3) is 17.3. The summed E-state index contributed by atoms with van der Waals surface area (Å²) >= 11 is 0. The van der Waals surface area contributed by atoms with E-state index in [0.29, 0.717) is 154 Å². The summed E-state index contributed by atoms with van der Waals surface area (Å²) in [5, 5.41) is 60.0. The Morgan fingerprint density at radius 2 is 0.601 bits per heavy atom. The van der Waals surface area contributed by atoms with Gasteiger partial charge in [0.05, 0.1) is 52.4 Å². The van der Waals surface area contributed by atoms with Crippen molar-refractivity contribution in [1.29, 1.82) is 31.6 Å². The van der Waals surface area contributed by atoms with Crippen LogP contribution in [0.4, 0.5) is 89.1 Å². The molecule has 0 aliphatic heterocycles. The SMILES string of the molecule is [C-]#[N+]/C(=C1/Cc2nc3c(nc2=C1F)C/C(=C(/C#N)c1c(F)c(F)c(C#N)c(F)c1F)C=3F)c1c(F)c(F)c([N+]#[C-])c(F)c1F.[C-]#[N+]C([N+]#[C-])=C1Cc2c(-c3ccc(F)cc3)c3c(c(-c4ccc(F)cc4)c2=C1c1ccc(C)cc1)CC(=C(C#N)C#N)C=3c1ccc(OC(F)(F)F)cc1.[C-]#[N+]C([N+]#[C-])=C1Cc2c(-c3ccc(F)cc3)c3c(c(-c4ccc(F)cc4)c2=C1c1ccc(F)cc1)CC(=C(C#N)C#N)C=3c1ccc(F)cc1. The van der Waals surface area contributed by atoms with Gasteiger partial charge in [0.2, 0.25) is 5.70 Å². The average Bonchev–Trinajstić information content (AvgIpc) is 1.54. The minimum atomic E-state index is -4.94. The van der Waals surface area contributed by atoms with Crippen molar-refractivity contribution in [3.05, 3.63) is 510 Å². The molecule has 0 N–H and O–H groups in total. The first-order chi connectivity index (χ1) is 71.1. The molecule has 0 amide bonds. The van der Waals surface area contributed by atoms with E-state index in [1.54, 1.807) is 72.8 Å². The first kappa shape index (κ1) is 99.3. The van der Waals surface area contributed by atoms with Crippen LogP contribution in [0.25, 0.3) is 119 Å². The lowest BCUT2D eigenvalue weighted by Crippen LogP contribution is -2.25. The molecular weight excluding hydrogens is 1940 g/mol. The van der Waals surface area contributed by atoms with Gasteiger partial charge in [-0.15, -0.1) is 13.2 Å². The van der Waals surface area contributed by atoms with E-state index in [0.717, 1.165) is 23.8 Å². The summed E-state index contributed by atoms with van der Waals surface area (Å²) < 4.78 is 276. The van der Waals surface area contributed by atoms with Crippen LogP contribution in [0, 0.1) is 196 Å². The average molecular weight is 1990 g/mol. The van der Waals surface area contributed by atoms with E-state index in [1.165, 1.54) is 91.0 Å². The van der Waals surface area contributed by atoms with Crippen molar-refractivity contribution in [3.63, 3.8) is 0 Å². The number of nitrogens with zero attached hydrogens (tertiary/aromatic N) is 14. The van der Waals surface area contributed by atoms with Gasteiger partial charge in [-0.1, -0.05) is 115 Å². The Morgan fingerprint density at radius 1 is 0.318 bits per heavy atom. The molecule has 0 atom stereocenters. The molecule has 1 heterocycles. The van der Waals surface area contributed by atoms with Crippen LogP contribution in [0.3, 0.4) is 0 Å². The number of alkyl halides is 3. The predicted octanol–water partition coefficient (Wildman–Crippen LogP) is 23.5. The number of hydrogen-bond donors (Lipinski definition) is 0. The molecule has 6 aliphatic carbocycles. The number of halogens is 19. The topological polar surface area (TPSA) is 204 Å². The fraction of sp³-hybridized carbons (Fsp3) is 0.0702. The van der Waals surface area contributed by atoms with Crippen LogP contribution >= 0.6 is 0 Å². The molecule has 148 heavy (non-hydrogen) atoms. The second kappa shape index (κ2) is 39.7. The highest BCUT2D eigenvalue weighted by Crippen LogP contribution is 2.49. The van der Waals surface area contributed by atoms with Crippen molar-refractivity contribution in [2.24, 2.45) is 0 Å². The van der Waals surface area contributed by atoms with Gasteiger partial charge in [0, 0.05) is 36.8 Å². The summed E-state index contributed by atoms with van der Waals surface area (Å²) in [6.07, 6.45) is -6.38. The van der Waals surface area contributed by atoms with Crippen molar-refractivity contribution in [2.75, 3.05) is 0 Å². The molecule has 6 aliphatic rings. The largest absolute Gasteiger partial charge is 0.573 e. The van der Waals surface area contributed by atoms with Crippen LogP contribution in [-0.4, -0.2) is 16.3 Å². The van der Waals surface area contributed by atoms with Crippen LogP contribution in [0.1, 0.15) is 78.1 Å². The van der Waals surface area contributed by atoms with Crippen molar-refractivity contribution >= 4 is 50.9 Å². The van der Waals surface area contributed by atoms with E-state index < -0.39 is 185 Å². The van der Waals surface area contributed by atoms with Crippen molar-refractivity contribution < 1.29 is 88.2 Å². The molecule has 19 rings (SSSR count). The number of benzene rings is 12. The minimum absolute atomic E-state index is 0.00876. The first-order valence-corrected chi connectivity index (χ1v) is 43.2. The summed E-state index contributed by atoms with van der Waals surface area (Å²) in [5.41, 5.74) is 1.82. The summed E-state index contributed by atoms with van der Waals surface area (Å²) in [6.45, 7) is 47.7. The van der Waals surface area contributed by atoms with Gasteiger partial charge in [-0.2, -0.15) is 51.0 Å². The zero-order chi connectivity index (χ0) is 106. The molecule has 0 fully saturated rings. The van der Waals surface area contributed by atoms with Crippen LogP contribution in [0.2, 0.25) is 0 Å². The summed E-state index contributed by atoms with van der Waals surface area (Å²) in [5.74, 6) is -23.9. The zero-order valence-electron chi connectivity index (χ0n) is 75.1. The molecule has 0 spiro atoms. The number of allylic oxidation sites excluding steroid dienone is 9. The fourth-order valence-corrected chi connectivity index (χ4v) is 19.1. The summed E-state index contributed by atoms with van der Waals surface area (Å²) in [6, 6.07) is 57.4. The molecule has 13 aromatic rings. The molecule has 0 unspecified atom stereocenters. The molecule has 1 aromatic heterocycles. The number of rotatable bonds is 11. The van der Waals surface area contributed by atoms with Gasteiger partial charge in [-0.25, -0.2) is 89.9 Å². The van der Waals surface area contributed by atoms with Gasteiger partial charge in [0.15, 0.2) is 40.7 Å². The lowest BCUT2D eigenvalue weighted by Gasteiger charge is -2.17. The van der Waals surface area contributed by atoms with E-state index in [9.17, 15) is 101 Å². The minimum Gasteiger partial charge on any atom is -0.406 e. The van der Waals surface area contributed by atoms with Crippen LogP contribution < -0.4 is 36.3 Å². The van der Waals surface area contributed by atoms with Gasteiger partial charge >= 0.3 is 18.0 Å². The van der Waals surface area contributed by atoms with Gasteiger partial charge in [-0.05, 0) is 248 Å². The summed E-state index contributed by atoms with van der Waals surface area (Å²) in [4.78, 5) is 27.1. The Kier molecular flexibility index (Phi) is 26.6. The third-order valence-electron chi connectivity index (χ3n) is 25.3. The maximum atomic E-state index is 15.5. The molecule has 0 bridgehead atoms. The second-order valence-electron chi connectivity index (χ2n) is 33.2. The third-order valence-corrected chi connectivity index (χ3v) is 25.3. The van der Waals surface area contributed by atoms with E-state index in [1.807, 2.05) is 55.5 Å². The maximum absolute atomic E-state index is 15.5. The van der Waals surface area contributed by atoms with Gasteiger partial charge in [0.1, 0.15) is 148 Å². The highest BCUT2D eigenvalue weighted by atomic mass is 19.4. The molecular formula is C114H47F19N14O. The normalized spacial score (nSPS) is 13.7. The van der Waals surface area contributed by atoms with Crippen molar-refractivity contribution in [2.45, 2.75) is 51.8 Å². The monoisotopic (exact) mass is 1990 g/mol. The van der Waals surface area contributed by atoms with Crippen molar-refractivity contribution in [1.82, 2.24) is 9.97 Å². The molecule has 15 nitrogen and oxygen atoms in total. The Bertz CT molecular complexity index is 8900. The fourth-order valence-electron chi connectivity index (χ4n) is 19.1. The lowest BCUT2D eigenvalue weighted by molar-refractivity contribution is -0.274. The molecule has 0 saturated heterocycles. The summed E-state index contributed by atoms with van der Waals surface area (Å²) in [7, 11) is 0. The van der Waals surface area contributed by atoms with E-state index >= 15 is 8.78 Å². The number of ether oxygens (including phenoxy) is 1. The molecule has 34 heteroatoms. The highest BCUT2D eigenvalue weighted by molar-refractivity contribution is 6.01. The smallest absolute Gasteiger partial charge is 0.406 e. The highest BCUT2D eigenvalue weighted by Gasteiger charge is 2.43. The Morgan fingerprint density at radius 3 is 0.892 bits per heavy atom. The van der Waals surface area contributed by atoms with E-state index in [2.05, 4.69) is 43.8 Å². The second-order valence-corrected chi connectivity index (χ2v) is 33.2. The quantitative estimate of drug-likeness (QED) is 0.0522. The van der Waals surface area contributed by atoms with Crippen LogP contribution in [0.5, 0.6) is 5.75 Å². The molecule has 12 aromatic carbocycles. The number of nitriles is 6. The first-order valence-electron chi connectivity index (χ1n) is 43.2. The number of hydrogen-bond acceptors (Lipinski definition) is 9. The van der Waals surface area contributed by atoms with Gasteiger partial charge in [0.25, 0.3) is 5.69 Å². The molecule has 0 radical (unpaired) electrons. The number of aryl methyl sites for hydroxylation is 1.